The van der Waals surface area contributed by atoms with Crippen molar-refractivity contribution in [1.29, 1.82) is 0 Å². The van der Waals surface area contributed by atoms with Crippen LogP contribution in [0.25, 0.3) is 0 Å². The minimum absolute atomic E-state index is 0.164. The van der Waals surface area contributed by atoms with Gasteiger partial charge in [-0.25, -0.2) is 4.39 Å². The molecule has 0 aliphatic carbocycles. The Morgan fingerprint density at radius 3 is 2.92 bits per heavy atom. The fourth-order valence-electron chi connectivity index (χ4n) is 2.97. The molecule has 1 amide bonds. The third-order valence-corrected chi connectivity index (χ3v) is 4.28. The number of nitrogens with zero attached hydrogens (tertiary/aromatic N) is 3. The van der Waals surface area contributed by atoms with Gasteiger partial charge >= 0.3 is 0 Å². The molecule has 0 N–H and O–H groups in total. The first-order valence-electron chi connectivity index (χ1n) is 8.34. The molecule has 128 valence electrons. The maximum Gasteiger partial charge on any atom is 0.224 e. The van der Waals surface area contributed by atoms with Crippen molar-refractivity contribution in [3.63, 3.8) is 0 Å². The number of ether oxygens (including phenoxy) is 1. The van der Waals surface area contributed by atoms with Crippen LogP contribution >= 0.6 is 0 Å². The van der Waals surface area contributed by atoms with Crippen molar-refractivity contribution in [2.75, 3.05) is 19.7 Å². The summed E-state index contributed by atoms with van der Waals surface area (Å²) >= 11 is 0. The topological polar surface area (TPSA) is 47.4 Å². The number of aromatic nitrogens is 2. The zero-order valence-corrected chi connectivity index (χ0v) is 13.6. The van der Waals surface area contributed by atoms with Crippen LogP contribution < -0.4 is 4.74 Å². The van der Waals surface area contributed by atoms with Crippen LogP contribution in [0.4, 0.5) is 4.39 Å². The third kappa shape index (κ3) is 4.57. The molecule has 0 unspecified atom stereocenters. The van der Waals surface area contributed by atoms with E-state index in [4.69, 9.17) is 4.74 Å². The molecule has 2 aromatic rings. The summed E-state index contributed by atoms with van der Waals surface area (Å²) in [4.78, 5) is 14.3. The molecular weight excluding hydrogens is 309 g/mol. The summed E-state index contributed by atoms with van der Waals surface area (Å²) in [5.41, 5.74) is 0. The molecule has 0 bridgehead atoms. The lowest BCUT2D eigenvalue weighted by molar-refractivity contribution is -0.133. The van der Waals surface area contributed by atoms with Crippen LogP contribution in [0.15, 0.2) is 42.7 Å². The summed E-state index contributed by atoms with van der Waals surface area (Å²) in [6.07, 6.45) is 6.08. The number of rotatable bonds is 6. The molecule has 5 nitrogen and oxygen atoms in total. The van der Waals surface area contributed by atoms with Crippen LogP contribution in [0.2, 0.25) is 0 Å². The van der Waals surface area contributed by atoms with Crippen LogP contribution in [-0.2, 0) is 11.3 Å². The zero-order valence-electron chi connectivity index (χ0n) is 13.6. The van der Waals surface area contributed by atoms with Crippen LogP contribution in [0.3, 0.4) is 0 Å². The second-order valence-electron chi connectivity index (χ2n) is 6.13. The molecule has 1 fully saturated rings. The van der Waals surface area contributed by atoms with Crippen LogP contribution in [-0.4, -0.2) is 40.3 Å². The number of piperidine rings is 1. The van der Waals surface area contributed by atoms with E-state index in [-0.39, 0.29) is 11.7 Å². The number of hydrogen-bond acceptors (Lipinski definition) is 3. The maximum absolute atomic E-state index is 12.9. The molecule has 1 atom stereocenters. The van der Waals surface area contributed by atoms with Crippen molar-refractivity contribution < 1.29 is 13.9 Å². The number of carbonyl (C=O) groups is 1. The van der Waals surface area contributed by atoms with Gasteiger partial charge in [0.2, 0.25) is 5.91 Å². The average Bonchev–Trinajstić information content (AvgIpc) is 3.13. The summed E-state index contributed by atoms with van der Waals surface area (Å²) in [7, 11) is 0. The van der Waals surface area contributed by atoms with Gasteiger partial charge < -0.3 is 9.64 Å². The Morgan fingerprint density at radius 2 is 2.17 bits per heavy atom. The van der Waals surface area contributed by atoms with E-state index in [1.165, 1.54) is 12.1 Å². The minimum Gasteiger partial charge on any atom is -0.493 e. The highest BCUT2D eigenvalue weighted by Crippen LogP contribution is 2.19. The van der Waals surface area contributed by atoms with E-state index in [1.54, 1.807) is 23.0 Å². The summed E-state index contributed by atoms with van der Waals surface area (Å²) in [5.74, 6) is 0.877. The van der Waals surface area contributed by atoms with Crippen molar-refractivity contribution in [3.05, 3.63) is 48.5 Å². The van der Waals surface area contributed by atoms with E-state index in [9.17, 15) is 9.18 Å². The highest BCUT2D eigenvalue weighted by molar-refractivity contribution is 5.76. The molecule has 0 spiro atoms. The van der Waals surface area contributed by atoms with E-state index >= 15 is 0 Å². The predicted octanol–water partition coefficient (Wildman–Crippen LogP) is 2.73. The highest BCUT2D eigenvalue weighted by Gasteiger charge is 2.24. The monoisotopic (exact) mass is 331 g/mol. The van der Waals surface area contributed by atoms with E-state index in [0.717, 1.165) is 25.9 Å². The number of amides is 1. The second kappa shape index (κ2) is 7.95. The molecule has 3 rings (SSSR count). The van der Waals surface area contributed by atoms with Gasteiger partial charge in [0.15, 0.2) is 0 Å². The quantitative estimate of drug-likeness (QED) is 0.818. The Morgan fingerprint density at radius 1 is 1.33 bits per heavy atom. The Bertz CT molecular complexity index is 643. The number of likely N-dealkylation sites (tertiary alicyclic amines) is 1. The van der Waals surface area contributed by atoms with Crippen molar-refractivity contribution in [3.8, 4) is 5.75 Å². The summed E-state index contributed by atoms with van der Waals surface area (Å²) in [6, 6.07) is 7.90. The van der Waals surface area contributed by atoms with Crippen LogP contribution in [0.1, 0.15) is 19.3 Å². The molecular formula is C18H22FN3O2. The molecule has 1 aliphatic rings. The zero-order chi connectivity index (χ0) is 16.8. The summed E-state index contributed by atoms with van der Waals surface area (Å²) in [6.45, 7) is 2.69. The van der Waals surface area contributed by atoms with Gasteiger partial charge in [-0.2, -0.15) is 5.10 Å². The van der Waals surface area contributed by atoms with Gasteiger partial charge in [0.1, 0.15) is 11.6 Å². The number of halogens is 1. The average molecular weight is 331 g/mol. The van der Waals surface area contributed by atoms with Crippen molar-refractivity contribution in [2.24, 2.45) is 5.92 Å². The third-order valence-electron chi connectivity index (χ3n) is 4.28. The fraction of sp³-hybridized carbons (Fsp3) is 0.444. The lowest BCUT2D eigenvalue weighted by Gasteiger charge is -2.32. The molecule has 24 heavy (non-hydrogen) atoms. The largest absolute Gasteiger partial charge is 0.493 e. The van der Waals surface area contributed by atoms with Crippen molar-refractivity contribution in [2.45, 2.75) is 25.8 Å². The van der Waals surface area contributed by atoms with E-state index < -0.39 is 0 Å². The standard InChI is InChI=1S/C18H22FN3O2/c19-16-4-6-17(7-5-16)24-14-15-3-1-10-21(13-15)18(23)8-12-22-11-2-9-20-22/h2,4-7,9,11,15H,1,3,8,10,12-14H2/t15-/m0/s1. The Balaban J connectivity index is 1.45. The molecule has 2 heterocycles. The first kappa shape index (κ1) is 16.5. The van der Waals surface area contributed by atoms with Crippen molar-refractivity contribution >= 4 is 5.91 Å². The Labute approximate surface area is 141 Å². The molecule has 1 aromatic carbocycles. The Kier molecular flexibility index (Phi) is 5.46. The molecule has 0 saturated carbocycles. The van der Waals surface area contributed by atoms with Gasteiger partial charge in [0, 0.05) is 44.4 Å². The normalized spacial score (nSPS) is 17.7. The van der Waals surface area contributed by atoms with Gasteiger partial charge in [0.25, 0.3) is 0 Å². The van der Waals surface area contributed by atoms with E-state index in [2.05, 4.69) is 5.10 Å². The van der Waals surface area contributed by atoms with Gasteiger partial charge in [0.05, 0.1) is 6.61 Å². The smallest absolute Gasteiger partial charge is 0.224 e. The number of aryl methyl sites for hydroxylation is 1. The fourth-order valence-corrected chi connectivity index (χ4v) is 2.97. The van der Waals surface area contributed by atoms with E-state index in [1.807, 2.05) is 17.2 Å². The Hall–Kier alpha value is -2.37. The number of hydrogen-bond donors (Lipinski definition) is 0. The lowest BCUT2D eigenvalue weighted by Crippen LogP contribution is -2.41. The van der Waals surface area contributed by atoms with Gasteiger partial charge in [-0.15, -0.1) is 0 Å². The lowest BCUT2D eigenvalue weighted by atomic mass is 9.98. The predicted molar refractivity (Wildman–Crippen MR) is 88.0 cm³/mol. The van der Waals surface area contributed by atoms with Gasteiger partial charge in [-0.3, -0.25) is 9.48 Å². The first-order valence-corrected chi connectivity index (χ1v) is 8.34. The molecule has 1 aromatic heterocycles. The maximum atomic E-state index is 12.9. The first-order chi connectivity index (χ1) is 11.7. The summed E-state index contributed by atoms with van der Waals surface area (Å²) in [5, 5.41) is 4.12. The minimum atomic E-state index is -0.269. The molecule has 1 aliphatic heterocycles. The van der Waals surface area contributed by atoms with Gasteiger partial charge in [-0.05, 0) is 43.2 Å². The van der Waals surface area contributed by atoms with E-state index in [0.29, 0.717) is 31.2 Å². The number of carbonyl (C=O) groups excluding carboxylic acids is 1. The van der Waals surface area contributed by atoms with Crippen molar-refractivity contribution in [1.82, 2.24) is 14.7 Å². The number of benzene rings is 1. The van der Waals surface area contributed by atoms with Gasteiger partial charge in [-0.1, -0.05) is 0 Å². The van der Waals surface area contributed by atoms with Crippen LogP contribution in [0.5, 0.6) is 5.75 Å². The second-order valence-corrected chi connectivity index (χ2v) is 6.13. The molecule has 0 radical (unpaired) electrons. The summed E-state index contributed by atoms with van der Waals surface area (Å²) < 4.78 is 20.4. The highest BCUT2D eigenvalue weighted by atomic mass is 19.1. The molecule has 1 saturated heterocycles. The van der Waals surface area contributed by atoms with Crippen LogP contribution in [0, 0.1) is 11.7 Å². The molecule has 6 heteroatoms. The SMILES string of the molecule is O=C(CCn1cccn1)N1CCC[C@H](COc2ccc(F)cc2)C1.